The van der Waals surface area contributed by atoms with Crippen molar-refractivity contribution in [2.75, 3.05) is 32.7 Å². The smallest absolute Gasteiger partial charge is 0.246 e. The minimum Gasteiger partial charge on any atom is -0.337 e. The maximum Gasteiger partial charge on any atom is 0.246 e. The Kier molecular flexibility index (Phi) is 6.64. The van der Waals surface area contributed by atoms with Crippen molar-refractivity contribution in [2.24, 2.45) is 0 Å². The van der Waals surface area contributed by atoms with Gasteiger partial charge in [-0.15, -0.1) is 0 Å². The fourth-order valence-electron chi connectivity index (χ4n) is 2.94. The zero-order valence-corrected chi connectivity index (χ0v) is 15.5. The number of nitrogens with zero attached hydrogens (tertiary/aromatic N) is 2. The van der Waals surface area contributed by atoms with Crippen LogP contribution in [0.3, 0.4) is 0 Å². The van der Waals surface area contributed by atoms with Gasteiger partial charge in [-0.25, -0.2) is 0 Å². The standard InChI is InChI=1S/C22H23ClN2O/c23-21-10-4-8-20(18-21)11-12-22(26)25-16-14-24(15-17-25)13-5-9-19-6-2-1-3-7-19/h1-12,18H,13-17H2/b9-5+,12-11+. The number of rotatable bonds is 5. The van der Waals surface area contributed by atoms with E-state index in [0.29, 0.717) is 5.02 Å². The second-order valence-electron chi connectivity index (χ2n) is 6.33. The van der Waals surface area contributed by atoms with Crippen LogP contribution in [0, 0.1) is 0 Å². The predicted molar refractivity (Wildman–Crippen MR) is 109 cm³/mol. The average molecular weight is 367 g/mol. The lowest BCUT2D eigenvalue weighted by atomic mass is 10.2. The van der Waals surface area contributed by atoms with Crippen molar-refractivity contribution in [3.63, 3.8) is 0 Å². The Morgan fingerprint density at radius 2 is 1.65 bits per heavy atom. The molecule has 134 valence electrons. The van der Waals surface area contributed by atoms with E-state index in [1.54, 1.807) is 6.08 Å². The second kappa shape index (κ2) is 9.37. The van der Waals surface area contributed by atoms with Crippen LogP contribution in [0.5, 0.6) is 0 Å². The summed E-state index contributed by atoms with van der Waals surface area (Å²) in [6.45, 7) is 4.23. The zero-order valence-electron chi connectivity index (χ0n) is 14.7. The van der Waals surface area contributed by atoms with Gasteiger partial charge in [0, 0.05) is 43.8 Å². The number of halogens is 1. The zero-order chi connectivity index (χ0) is 18.2. The van der Waals surface area contributed by atoms with Crippen molar-refractivity contribution in [3.8, 4) is 0 Å². The van der Waals surface area contributed by atoms with Gasteiger partial charge in [0.05, 0.1) is 0 Å². The molecule has 2 aromatic rings. The SMILES string of the molecule is O=C(/C=C/c1cccc(Cl)c1)N1CCN(C/C=C/c2ccccc2)CC1. The first kappa shape index (κ1) is 18.4. The molecule has 0 N–H and O–H groups in total. The van der Waals surface area contributed by atoms with Crippen molar-refractivity contribution in [2.45, 2.75) is 0 Å². The van der Waals surface area contributed by atoms with Crippen LogP contribution in [0.4, 0.5) is 0 Å². The van der Waals surface area contributed by atoms with Crippen molar-refractivity contribution in [1.82, 2.24) is 9.80 Å². The summed E-state index contributed by atoms with van der Waals surface area (Å²) in [6.07, 6.45) is 7.79. The van der Waals surface area contributed by atoms with Gasteiger partial charge in [-0.3, -0.25) is 9.69 Å². The summed E-state index contributed by atoms with van der Waals surface area (Å²) in [6, 6.07) is 17.8. The fourth-order valence-corrected chi connectivity index (χ4v) is 3.13. The van der Waals surface area contributed by atoms with Crippen molar-refractivity contribution in [1.29, 1.82) is 0 Å². The van der Waals surface area contributed by atoms with E-state index in [2.05, 4.69) is 29.2 Å². The Morgan fingerprint density at radius 1 is 0.923 bits per heavy atom. The van der Waals surface area contributed by atoms with Crippen molar-refractivity contribution >= 4 is 29.7 Å². The molecule has 1 fully saturated rings. The second-order valence-corrected chi connectivity index (χ2v) is 6.76. The fraction of sp³-hybridized carbons (Fsp3) is 0.227. The molecule has 3 rings (SSSR count). The van der Waals surface area contributed by atoms with Gasteiger partial charge in [0.2, 0.25) is 5.91 Å². The van der Waals surface area contributed by atoms with Crippen molar-refractivity contribution < 1.29 is 4.79 Å². The Hall–Kier alpha value is -2.36. The Labute approximate surface area is 160 Å². The Morgan fingerprint density at radius 3 is 2.38 bits per heavy atom. The summed E-state index contributed by atoms with van der Waals surface area (Å²) < 4.78 is 0. The minimum absolute atomic E-state index is 0.0597. The number of carbonyl (C=O) groups is 1. The van der Waals surface area contributed by atoms with Crippen LogP contribution >= 0.6 is 11.6 Å². The number of amides is 1. The van der Waals surface area contributed by atoms with E-state index >= 15 is 0 Å². The highest BCUT2D eigenvalue weighted by Crippen LogP contribution is 2.12. The molecule has 1 heterocycles. The molecular weight excluding hydrogens is 344 g/mol. The summed E-state index contributed by atoms with van der Waals surface area (Å²) in [5.41, 5.74) is 2.16. The quantitative estimate of drug-likeness (QED) is 0.740. The molecule has 0 unspecified atom stereocenters. The first-order valence-corrected chi connectivity index (χ1v) is 9.25. The maximum absolute atomic E-state index is 12.3. The highest BCUT2D eigenvalue weighted by Gasteiger charge is 2.18. The van der Waals surface area contributed by atoms with E-state index < -0.39 is 0 Å². The molecule has 0 aliphatic carbocycles. The van der Waals surface area contributed by atoms with Gasteiger partial charge in [0.1, 0.15) is 0 Å². The van der Waals surface area contributed by atoms with Crippen LogP contribution in [-0.4, -0.2) is 48.4 Å². The first-order valence-electron chi connectivity index (χ1n) is 8.87. The molecule has 0 saturated carbocycles. The summed E-state index contributed by atoms with van der Waals surface area (Å²) in [5, 5.41) is 0.678. The van der Waals surface area contributed by atoms with Gasteiger partial charge in [-0.2, -0.15) is 0 Å². The Bertz CT molecular complexity index is 778. The molecule has 0 bridgehead atoms. The molecule has 3 nitrogen and oxygen atoms in total. The summed E-state index contributed by atoms with van der Waals surface area (Å²) in [4.78, 5) is 16.6. The highest BCUT2D eigenvalue weighted by molar-refractivity contribution is 6.30. The van der Waals surface area contributed by atoms with Crippen LogP contribution in [0.1, 0.15) is 11.1 Å². The normalized spacial score (nSPS) is 15.8. The Balaban J connectivity index is 1.44. The molecular formula is C22H23ClN2O. The van der Waals surface area contributed by atoms with E-state index in [0.717, 1.165) is 38.3 Å². The van der Waals surface area contributed by atoms with Gasteiger partial charge in [0.15, 0.2) is 0 Å². The number of hydrogen-bond donors (Lipinski definition) is 0. The van der Waals surface area contributed by atoms with E-state index in [-0.39, 0.29) is 5.91 Å². The third-order valence-electron chi connectivity index (χ3n) is 4.42. The van der Waals surface area contributed by atoms with E-state index in [1.165, 1.54) is 5.56 Å². The topological polar surface area (TPSA) is 23.6 Å². The molecule has 4 heteroatoms. The molecule has 2 aromatic carbocycles. The van der Waals surface area contributed by atoms with Gasteiger partial charge in [0.25, 0.3) is 0 Å². The van der Waals surface area contributed by atoms with Crippen LogP contribution in [0.25, 0.3) is 12.2 Å². The molecule has 1 amide bonds. The maximum atomic E-state index is 12.3. The number of hydrogen-bond acceptors (Lipinski definition) is 2. The van der Waals surface area contributed by atoms with Crippen molar-refractivity contribution in [3.05, 3.63) is 82.9 Å². The monoisotopic (exact) mass is 366 g/mol. The van der Waals surface area contributed by atoms with Gasteiger partial charge >= 0.3 is 0 Å². The average Bonchev–Trinajstić information content (AvgIpc) is 2.68. The van der Waals surface area contributed by atoms with Crippen LogP contribution in [0.15, 0.2) is 66.7 Å². The largest absolute Gasteiger partial charge is 0.337 e. The molecule has 0 atom stereocenters. The minimum atomic E-state index is 0.0597. The number of benzene rings is 2. The summed E-state index contributed by atoms with van der Waals surface area (Å²) in [5.74, 6) is 0.0597. The van der Waals surface area contributed by atoms with E-state index in [9.17, 15) is 4.79 Å². The number of piperazine rings is 1. The molecule has 1 saturated heterocycles. The van der Waals surface area contributed by atoms with Crippen LogP contribution < -0.4 is 0 Å². The van der Waals surface area contributed by atoms with E-state index in [4.69, 9.17) is 11.6 Å². The van der Waals surface area contributed by atoms with Crippen LogP contribution in [0.2, 0.25) is 5.02 Å². The molecule has 0 aromatic heterocycles. The lowest BCUT2D eigenvalue weighted by molar-refractivity contribution is -0.127. The lowest BCUT2D eigenvalue weighted by Gasteiger charge is -2.33. The lowest BCUT2D eigenvalue weighted by Crippen LogP contribution is -2.48. The molecule has 1 aliphatic rings. The van der Waals surface area contributed by atoms with E-state index in [1.807, 2.05) is 53.4 Å². The molecule has 0 radical (unpaired) electrons. The molecule has 1 aliphatic heterocycles. The molecule has 0 spiro atoms. The number of carbonyl (C=O) groups excluding carboxylic acids is 1. The molecule has 26 heavy (non-hydrogen) atoms. The van der Waals surface area contributed by atoms with Gasteiger partial charge < -0.3 is 4.90 Å². The van der Waals surface area contributed by atoms with Gasteiger partial charge in [-0.05, 0) is 29.3 Å². The van der Waals surface area contributed by atoms with Crippen LogP contribution in [-0.2, 0) is 4.79 Å². The summed E-state index contributed by atoms with van der Waals surface area (Å²) >= 11 is 5.97. The summed E-state index contributed by atoms with van der Waals surface area (Å²) in [7, 11) is 0. The van der Waals surface area contributed by atoms with Gasteiger partial charge in [-0.1, -0.05) is 66.2 Å². The third kappa shape index (κ3) is 5.58. The first-order chi connectivity index (χ1) is 12.7. The predicted octanol–water partition coefficient (Wildman–Crippen LogP) is 4.21. The highest BCUT2D eigenvalue weighted by atomic mass is 35.5. The third-order valence-corrected chi connectivity index (χ3v) is 4.66.